The molecule has 4 aromatic rings. The van der Waals surface area contributed by atoms with Crippen molar-refractivity contribution >= 4 is 29.0 Å². The molecule has 0 fully saturated rings. The molecule has 1 amide bonds. The first-order valence-electron chi connectivity index (χ1n) is 8.86. The fraction of sp³-hybridized carbons (Fsp3) is 0. The number of carbonyl (C=O) groups is 1. The fourth-order valence-corrected chi connectivity index (χ4v) is 7.10. The predicted octanol–water partition coefficient (Wildman–Crippen LogP) is 4.13. The number of para-hydroxylation sites is 2. The van der Waals surface area contributed by atoms with Crippen molar-refractivity contribution in [3.05, 3.63) is 97.6 Å². The summed E-state index contributed by atoms with van der Waals surface area (Å²) in [4.78, 5) is 17.1. The highest BCUT2D eigenvalue weighted by Gasteiger charge is 2.37. The first-order chi connectivity index (χ1) is 13.8. The fourth-order valence-electron chi connectivity index (χ4n) is 3.51. The molecule has 0 saturated heterocycles. The molecule has 28 heavy (non-hydrogen) atoms. The first-order valence-corrected chi connectivity index (χ1v) is 10.6. The van der Waals surface area contributed by atoms with Crippen LogP contribution in [0.1, 0.15) is 0 Å². The van der Waals surface area contributed by atoms with E-state index in [4.69, 9.17) is 9.48 Å². The van der Waals surface area contributed by atoms with E-state index in [1.54, 1.807) is 12.4 Å². The van der Waals surface area contributed by atoms with Crippen LogP contribution >= 0.6 is 7.05 Å². The van der Waals surface area contributed by atoms with Crippen molar-refractivity contribution in [3.8, 4) is 11.5 Å². The van der Waals surface area contributed by atoms with Crippen molar-refractivity contribution in [1.82, 2.24) is 9.55 Å². The Bertz CT molecular complexity index is 1170. The molecule has 136 valence electrons. The van der Waals surface area contributed by atoms with E-state index in [-0.39, 0.29) is 6.03 Å². The van der Waals surface area contributed by atoms with Gasteiger partial charge in [0.1, 0.15) is 17.8 Å². The number of hydrogen-bond acceptors (Lipinski definition) is 3. The van der Waals surface area contributed by atoms with Crippen LogP contribution in [-0.4, -0.2) is 15.6 Å². The van der Waals surface area contributed by atoms with Crippen molar-refractivity contribution in [2.45, 2.75) is 0 Å². The van der Waals surface area contributed by atoms with E-state index in [0.29, 0.717) is 0 Å². The average molecular weight is 385 g/mol. The van der Waals surface area contributed by atoms with Gasteiger partial charge in [-0.05, 0) is 24.3 Å². The van der Waals surface area contributed by atoms with Gasteiger partial charge in [0.2, 0.25) is 0 Å². The number of amides is 1. The Morgan fingerprint density at radius 3 is 2.07 bits per heavy atom. The number of nitrogens with zero attached hydrogens (tertiary/aromatic N) is 3. The molecule has 0 spiro atoms. The highest BCUT2D eigenvalue weighted by atomic mass is 31.2. The van der Waals surface area contributed by atoms with Crippen molar-refractivity contribution < 1.29 is 9.53 Å². The minimum atomic E-state index is -2.62. The largest absolute Gasteiger partial charge is 0.456 e. The zero-order valence-corrected chi connectivity index (χ0v) is 15.7. The second-order valence-electron chi connectivity index (χ2n) is 6.36. The third-order valence-corrected chi connectivity index (χ3v) is 8.39. The molecule has 0 saturated carbocycles. The summed E-state index contributed by atoms with van der Waals surface area (Å²) in [5.74, 6) is 1.47. The normalized spacial score (nSPS) is 13.7. The number of imidazole rings is 1. The van der Waals surface area contributed by atoms with E-state index >= 15 is 0 Å². The Labute approximate surface area is 162 Å². The molecular formula is C22H16N3O2P. The molecule has 0 unspecified atom stereocenters. The summed E-state index contributed by atoms with van der Waals surface area (Å²) in [5, 5.41) is 2.88. The summed E-state index contributed by atoms with van der Waals surface area (Å²) in [5.41, 5.74) is 0. The van der Waals surface area contributed by atoms with Gasteiger partial charge >= 0.3 is 6.03 Å². The molecule has 5 nitrogen and oxygen atoms in total. The topological polar surface area (TPSA) is 56.5 Å². The van der Waals surface area contributed by atoms with Gasteiger partial charge in [-0.1, -0.05) is 54.6 Å². The van der Waals surface area contributed by atoms with E-state index < -0.39 is 7.05 Å². The molecular weight excluding hydrogens is 369 g/mol. The minimum Gasteiger partial charge on any atom is -0.456 e. The Morgan fingerprint density at radius 2 is 1.46 bits per heavy atom. The molecule has 1 aromatic heterocycles. The van der Waals surface area contributed by atoms with Crippen LogP contribution in [0.5, 0.6) is 11.5 Å². The lowest BCUT2D eigenvalue weighted by Gasteiger charge is -2.33. The maximum atomic E-state index is 13.1. The number of rotatable bonds is 1. The average Bonchev–Trinajstić information content (AvgIpc) is 3.29. The zero-order valence-electron chi connectivity index (χ0n) is 14.8. The van der Waals surface area contributed by atoms with Crippen LogP contribution in [0.4, 0.5) is 4.79 Å². The summed E-state index contributed by atoms with van der Waals surface area (Å²) < 4.78 is 12.4. The van der Waals surface area contributed by atoms with Crippen LogP contribution in [0, 0.1) is 0 Å². The zero-order chi connectivity index (χ0) is 19.0. The van der Waals surface area contributed by atoms with Gasteiger partial charge in [0.05, 0.1) is 7.05 Å². The monoisotopic (exact) mass is 385 g/mol. The van der Waals surface area contributed by atoms with Gasteiger partial charge in [0.25, 0.3) is 0 Å². The number of carbonyl (C=O) groups excluding carboxylic acids is 1. The summed E-state index contributed by atoms with van der Waals surface area (Å²) in [7, 11) is -2.62. The molecule has 0 radical (unpaired) electrons. The number of benzene rings is 3. The van der Waals surface area contributed by atoms with E-state index in [0.717, 1.165) is 27.4 Å². The minimum absolute atomic E-state index is 0.346. The molecule has 0 atom stereocenters. The molecule has 0 bridgehead atoms. The van der Waals surface area contributed by atoms with E-state index in [1.165, 1.54) is 10.9 Å². The lowest BCUT2D eigenvalue weighted by atomic mass is 10.3. The van der Waals surface area contributed by atoms with Gasteiger partial charge in [0, 0.05) is 28.3 Å². The number of fused-ring (bicyclic) bond motifs is 2. The van der Waals surface area contributed by atoms with Crippen molar-refractivity contribution in [2.24, 2.45) is 4.74 Å². The summed E-state index contributed by atoms with van der Waals surface area (Å²) in [6.07, 6.45) is 4.67. The number of hydrogen-bond donors (Lipinski definition) is 0. The van der Waals surface area contributed by atoms with Crippen LogP contribution < -0.4 is 20.7 Å². The van der Waals surface area contributed by atoms with Gasteiger partial charge in [-0.25, -0.2) is 9.78 Å². The lowest BCUT2D eigenvalue weighted by molar-refractivity contribution is 0.251. The predicted molar refractivity (Wildman–Crippen MR) is 111 cm³/mol. The van der Waals surface area contributed by atoms with Crippen molar-refractivity contribution in [2.75, 3.05) is 0 Å². The Morgan fingerprint density at radius 1 is 0.857 bits per heavy atom. The molecule has 3 aromatic carbocycles. The highest BCUT2D eigenvalue weighted by Crippen LogP contribution is 2.54. The second-order valence-corrected chi connectivity index (χ2v) is 9.31. The number of aromatic nitrogens is 2. The van der Waals surface area contributed by atoms with Crippen LogP contribution in [0.3, 0.4) is 0 Å². The van der Waals surface area contributed by atoms with Crippen LogP contribution in [-0.2, 0) is 0 Å². The van der Waals surface area contributed by atoms with Crippen LogP contribution in [0.2, 0.25) is 0 Å². The van der Waals surface area contributed by atoms with Crippen molar-refractivity contribution in [3.63, 3.8) is 0 Å². The van der Waals surface area contributed by atoms with Crippen LogP contribution in [0.15, 0.2) is 102 Å². The molecule has 5 rings (SSSR count). The third kappa shape index (κ3) is 2.52. The van der Waals surface area contributed by atoms with Gasteiger partial charge in [0.15, 0.2) is 0 Å². The van der Waals surface area contributed by atoms with E-state index in [1.807, 2.05) is 78.9 Å². The number of ether oxygens (including phenoxy) is 1. The van der Waals surface area contributed by atoms with Gasteiger partial charge in [-0.2, -0.15) is 4.74 Å². The first kappa shape index (κ1) is 16.7. The molecule has 2 heterocycles. The van der Waals surface area contributed by atoms with Crippen LogP contribution in [0.25, 0.3) is 0 Å². The van der Waals surface area contributed by atoms with Gasteiger partial charge in [-0.15, -0.1) is 0 Å². The molecule has 6 heteroatoms. The highest BCUT2D eigenvalue weighted by molar-refractivity contribution is 7.88. The Kier molecular flexibility index (Phi) is 3.96. The summed E-state index contributed by atoms with van der Waals surface area (Å²) in [6, 6.07) is 25.3. The lowest BCUT2D eigenvalue weighted by Crippen LogP contribution is -2.31. The molecule has 0 N–H and O–H groups in total. The Balaban J connectivity index is 1.92. The summed E-state index contributed by atoms with van der Waals surface area (Å²) >= 11 is 0. The second kappa shape index (κ2) is 6.63. The van der Waals surface area contributed by atoms with Gasteiger partial charge < -0.3 is 4.74 Å². The Hall–Kier alpha value is -3.43. The smallest absolute Gasteiger partial charge is 0.352 e. The van der Waals surface area contributed by atoms with E-state index in [2.05, 4.69) is 4.98 Å². The standard InChI is InChI=1S/C22H16N3O2P/c26-22(25-15-14-23-16-25)24-28(17-8-2-1-3-9-17)20-12-6-4-10-18(20)27-19-11-5-7-13-21(19)28/h1-16H. The molecule has 0 aliphatic carbocycles. The summed E-state index contributed by atoms with van der Waals surface area (Å²) in [6.45, 7) is 0. The maximum Gasteiger partial charge on any atom is 0.352 e. The maximum absolute atomic E-state index is 13.1. The molecule has 1 aliphatic rings. The van der Waals surface area contributed by atoms with Gasteiger partial charge in [-0.3, -0.25) is 4.57 Å². The quantitative estimate of drug-likeness (QED) is 0.408. The van der Waals surface area contributed by atoms with Crippen molar-refractivity contribution in [1.29, 1.82) is 0 Å². The van der Waals surface area contributed by atoms with E-state index in [9.17, 15) is 4.79 Å². The SMILES string of the molecule is O=C(N=P1(c2ccccc2)c2ccccc2Oc2ccccc21)n1ccnc1. The third-order valence-electron chi connectivity index (χ3n) is 4.74. The molecule has 1 aliphatic heterocycles.